The van der Waals surface area contributed by atoms with Crippen molar-refractivity contribution in [3.05, 3.63) is 72.9 Å². The van der Waals surface area contributed by atoms with Gasteiger partial charge in [-0.3, -0.25) is 18.6 Å². The molecule has 0 aromatic heterocycles. The Bertz CT molecular complexity index is 1240. The second-order valence-electron chi connectivity index (χ2n) is 16.3. The predicted molar refractivity (Wildman–Crippen MR) is 261 cm³/mol. The van der Waals surface area contributed by atoms with E-state index in [-0.39, 0.29) is 26.1 Å². The predicted octanol–water partition coefficient (Wildman–Crippen LogP) is 14.9. The van der Waals surface area contributed by atoms with E-state index in [0.29, 0.717) is 19.4 Å². The zero-order chi connectivity index (χ0) is 45.3. The Labute approximate surface area is 380 Å². The normalized spacial score (nSPS) is 13.8. The van der Waals surface area contributed by atoms with Crippen LogP contribution in [0.4, 0.5) is 0 Å². The first-order valence-electron chi connectivity index (χ1n) is 24.9. The molecule has 0 aromatic rings. The van der Waals surface area contributed by atoms with Gasteiger partial charge >= 0.3 is 19.8 Å². The molecule has 0 aromatic carbocycles. The fourth-order valence-corrected chi connectivity index (χ4v) is 7.39. The molecular weight excluding hydrogens is 798 g/mol. The molecule has 0 aliphatic carbocycles. The first kappa shape index (κ1) is 59.5. The monoisotopic (exact) mass is 890 g/mol. The third-order valence-electron chi connectivity index (χ3n) is 10.4. The summed E-state index contributed by atoms with van der Waals surface area (Å²) in [6.07, 6.45) is 58.3. The molecule has 2 atom stereocenters. The molecule has 2 N–H and O–H groups in total. The largest absolute Gasteiger partial charge is 0.472 e. The maximum absolute atomic E-state index is 12.7. The van der Waals surface area contributed by atoms with Gasteiger partial charge in [0.15, 0.2) is 6.10 Å². The van der Waals surface area contributed by atoms with Crippen molar-refractivity contribution in [1.29, 1.82) is 0 Å². The lowest BCUT2D eigenvalue weighted by Crippen LogP contribution is -2.29. The number of hydrogen-bond acceptors (Lipinski definition) is 8. The number of hydrogen-bond donors (Lipinski definition) is 2. The number of rotatable bonds is 46. The SMILES string of the molecule is CC/C=C\C/C=C\C/C=C\C/C=C\C/C=C\C/C=C\CCC(=O)OCC(COP(=O)(O)OCCNC)OC(=O)CCCCCCCCCCCCCCCCCCCCCCC. The molecule has 358 valence electrons. The van der Waals surface area contributed by atoms with Gasteiger partial charge in [-0.1, -0.05) is 215 Å². The molecule has 0 aliphatic rings. The molecule has 9 nitrogen and oxygen atoms in total. The molecule has 0 fully saturated rings. The molecule has 0 saturated carbocycles. The summed E-state index contributed by atoms with van der Waals surface area (Å²) in [5.41, 5.74) is 0. The Morgan fingerprint density at radius 3 is 1.34 bits per heavy atom. The molecule has 0 radical (unpaired) electrons. The maximum Gasteiger partial charge on any atom is 0.472 e. The van der Waals surface area contributed by atoms with Crippen LogP contribution in [0, 0.1) is 0 Å². The third-order valence-corrected chi connectivity index (χ3v) is 11.3. The van der Waals surface area contributed by atoms with Gasteiger partial charge in [0.1, 0.15) is 6.61 Å². The smallest absolute Gasteiger partial charge is 0.462 e. The fourth-order valence-electron chi connectivity index (χ4n) is 6.64. The zero-order valence-corrected chi connectivity index (χ0v) is 40.7. The summed E-state index contributed by atoms with van der Waals surface area (Å²) >= 11 is 0. The molecule has 2 unspecified atom stereocenters. The molecule has 0 rings (SSSR count). The second-order valence-corrected chi connectivity index (χ2v) is 17.7. The zero-order valence-electron chi connectivity index (χ0n) is 39.8. The Hall–Kier alpha value is -2.55. The van der Waals surface area contributed by atoms with Crippen molar-refractivity contribution in [2.75, 3.05) is 33.4 Å². The van der Waals surface area contributed by atoms with Gasteiger partial charge in [0, 0.05) is 19.4 Å². The van der Waals surface area contributed by atoms with E-state index in [4.69, 9.17) is 18.5 Å². The van der Waals surface area contributed by atoms with Crippen LogP contribution >= 0.6 is 7.82 Å². The standard InChI is InChI=1S/C52H92NO8P/c1-4-6-8-10-12-14-16-18-20-22-24-25-27-29-31-33-35-37-39-41-43-45-52(55)61-50(49-60-62(56,57)59-47-46-53-3)48-58-51(54)44-42-40-38-36-34-32-30-28-26-23-21-19-17-15-13-11-9-7-5-2/h7,9,13,15,19,21,26,28,32,34,38,40,50,53H,4-6,8,10-12,14,16-18,20,22-25,27,29-31,33,35-37,39,41-49H2,1-3H3,(H,56,57)/b9-7-,15-13-,21-19-,28-26-,34-32-,40-38-. The highest BCUT2D eigenvalue weighted by Gasteiger charge is 2.26. The van der Waals surface area contributed by atoms with Crippen LogP contribution in [-0.2, 0) is 32.7 Å². The Morgan fingerprint density at radius 2 is 0.919 bits per heavy atom. The first-order chi connectivity index (χ1) is 30.3. The van der Waals surface area contributed by atoms with E-state index in [9.17, 15) is 19.0 Å². The minimum Gasteiger partial charge on any atom is -0.462 e. The van der Waals surface area contributed by atoms with E-state index >= 15 is 0 Å². The van der Waals surface area contributed by atoms with Crippen LogP contribution in [0.2, 0.25) is 0 Å². The van der Waals surface area contributed by atoms with Crippen LogP contribution in [0.15, 0.2) is 72.9 Å². The summed E-state index contributed by atoms with van der Waals surface area (Å²) in [6.45, 7) is 4.05. The van der Waals surface area contributed by atoms with Crippen molar-refractivity contribution in [1.82, 2.24) is 5.32 Å². The summed E-state index contributed by atoms with van der Waals surface area (Å²) in [4.78, 5) is 35.2. The third kappa shape index (κ3) is 46.9. The van der Waals surface area contributed by atoms with Crippen LogP contribution in [0.5, 0.6) is 0 Å². The van der Waals surface area contributed by atoms with Crippen LogP contribution in [-0.4, -0.2) is 56.3 Å². The summed E-state index contributed by atoms with van der Waals surface area (Å²) in [5, 5.41) is 2.82. The molecule has 0 aliphatic heterocycles. The topological polar surface area (TPSA) is 120 Å². The van der Waals surface area contributed by atoms with E-state index in [2.05, 4.69) is 79.9 Å². The lowest BCUT2D eigenvalue weighted by Gasteiger charge is -2.20. The number of likely N-dealkylation sites (N-methyl/N-ethyl adjacent to an activating group) is 1. The van der Waals surface area contributed by atoms with E-state index < -0.39 is 32.5 Å². The summed E-state index contributed by atoms with van der Waals surface area (Å²) < 4.78 is 33.2. The number of allylic oxidation sites excluding steroid dienone is 12. The van der Waals surface area contributed by atoms with Crippen LogP contribution < -0.4 is 5.32 Å². The Morgan fingerprint density at radius 1 is 0.516 bits per heavy atom. The maximum atomic E-state index is 12.7. The lowest BCUT2D eigenvalue weighted by molar-refractivity contribution is -0.161. The summed E-state index contributed by atoms with van der Waals surface area (Å²) in [5.74, 6) is -0.901. The van der Waals surface area contributed by atoms with E-state index in [1.807, 2.05) is 12.2 Å². The van der Waals surface area contributed by atoms with Gasteiger partial charge in [0.2, 0.25) is 0 Å². The van der Waals surface area contributed by atoms with E-state index in [1.165, 1.54) is 109 Å². The molecule has 62 heavy (non-hydrogen) atoms. The van der Waals surface area contributed by atoms with E-state index in [0.717, 1.165) is 57.8 Å². The molecule has 0 heterocycles. The molecule has 10 heteroatoms. The number of carbonyl (C=O) groups is 2. The fraction of sp³-hybridized carbons (Fsp3) is 0.731. The number of ether oxygens (including phenoxy) is 2. The first-order valence-corrected chi connectivity index (χ1v) is 26.4. The molecule has 0 saturated heterocycles. The Balaban J connectivity index is 4.23. The van der Waals surface area contributed by atoms with Crippen LogP contribution in [0.3, 0.4) is 0 Å². The quantitative estimate of drug-likeness (QED) is 0.0266. The van der Waals surface area contributed by atoms with Crippen molar-refractivity contribution in [3.63, 3.8) is 0 Å². The minimum absolute atomic E-state index is 0.0300. The van der Waals surface area contributed by atoms with Crippen molar-refractivity contribution >= 4 is 19.8 Å². The lowest BCUT2D eigenvalue weighted by atomic mass is 10.0. The van der Waals surface area contributed by atoms with Crippen molar-refractivity contribution in [3.8, 4) is 0 Å². The van der Waals surface area contributed by atoms with Crippen LogP contribution in [0.1, 0.15) is 206 Å². The number of esters is 2. The average molecular weight is 890 g/mol. The van der Waals surface area contributed by atoms with Crippen molar-refractivity contribution < 1.29 is 37.6 Å². The van der Waals surface area contributed by atoms with Gasteiger partial charge in [-0.15, -0.1) is 0 Å². The highest BCUT2D eigenvalue weighted by Crippen LogP contribution is 2.43. The van der Waals surface area contributed by atoms with Crippen molar-refractivity contribution in [2.24, 2.45) is 0 Å². The van der Waals surface area contributed by atoms with Crippen molar-refractivity contribution in [2.45, 2.75) is 213 Å². The van der Waals surface area contributed by atoms with E-state index in [1.54, 1.807) is 7.05 Å². The van der Waals surface area contributed by atoms with Gasteiger partial charge in [0.05, 0.1) is 13.2 Å². The van der Waals surface area contributed by atoms with Gasteiger partial charge < -0.3 is 19.7 Å². The minimum atomic E-state index is -4.37. The highest BCUT2D eigenvalue weighted by atomic mass is 31.2. The number of carbonyl (C=O) groups excluding carboxylic acids is 2. The number of unbranched alkanes of at least 4 members (excludes halogenated alkanes) is 20. The van der Waals surface area contributed by atoms with Gasteiger partial charge in [-0.25, -0.2) is 4.57 Å². The number of phosphoric acid groups is 1. The second kappa shape index (κ2) is 47.9. The molecule has 0 bridgehead atoms. The van der Waals surface area contributed by atoms with Gasteiger partial charge in [0.25, 0.3) is 0 Å². The molecular formula is C52H92NO8P. The average Bonchev–Trinajstić information content (AvgIpc) is 3.26. The van der Waals surface area contributed by atoms with Gasteiger partial charge in [-0.2, -0.15) is 0 Å². The highest BCUT2D eigenvalue weighted by molar-refractivity contribution is 7.47. The molecule has 0 amide bonds. The summed E-state index contributed by atoms with van der Waals surface area (Å²) in [7, 11) is -2.68. The summed E-state index contributed by atoms with van der Waals surface area (Å²) in [6, 6.07) is 0. The Kier molecular flexibility index (Phi) is 45.9. The number of phosphoric ester groups is 1. The van der Waals surface area contributed by atoms with Gasteiger partial charge in [-0.05, 0) is 58.4 Å². The van der Waals surface area contributed by atoms with Crippen LogP contribution in [0.25, 0.3) is 0 Å². The number of nitrogens with one attached hydrogen (secondary N) is 1. The molecule has 0 spiro atoms.